The molecule has 3 fully saturated rings. The van der Waals surface area contributed by atoms with Crippen LogP contribution in [-0.4, -0.2) is 94.5 Å². The summed E-state index contributed by atoms with van der Waals surface area (Å²) in [5, 5.41) is 26.3. The number of amides is 2. The molecular formula is C22H36N4O5S. The van der Waals surface area contributed by atoms with E-state index in [1.54, 1.807) is 6.92 Å². The Morgan fingerprint density at radius 1 is 1.38 bits per heavy atom. The standard InChI is InChI=1S/C21H32N4O5S.CH4/c1-10-16-15(11(2)26)20(28)25(16)17(21(29)30)18(10)31-13-6-14(23-8-13)19(27)24-5-4-12(9-24)7-22-3;/h10-16,22-23,26H,4-9H2,1-3H3,(H,29,30);1H4/t10?,11?,12-,13?,14+,15?,16?;/m1./s1. The number of aliphatic hydroxyl groups is 1. The number of carbonyl (C=O) groups is 3. The first kappa shape index (κ1) is 25.0. The number of β-lactam (4-membered cyclic amide) rings is 1. The number of carboxylic acids is 1. The van der Waals surface area contributed by atoms with Crippen LogP contribution in [0.4, 0.5) is 0 Å². The molecule has 2 amide bonds. The molecular weight excluding hydrogens is 432 g/mol. The molecule has 4 aliphatic rings. The highest BCUT2D eigenvalue weighted by Gasteiger charge is 2.60. The number of aliphatic carboxylic acids is 1. The molecule has 0 aromatic heterocycles. The van der Waals surface area contributed by atoms with Gasteiger partial charge in [0.15, 0.2) is 0 Å². The zero-order valence-corrected chi connectivity index (χ0v) is 19.0. The number of thioether (sulfide) groups is 1. The number of fused-ring (bicyclic) bond motifs is 1. The van der Waals surface area contributed by atoms with Gasteiger partial charge in [-0.05, 0) is 39.3 Å². The van der Waals surface area contributed by atoms with Gasteiger partial charge < -0.3 is 30.6 Å². The molecule has 32 heavy (non-hydrogen) atoms. The molecule has 4 rings (SSSR count). The average Bonchev–Trinajstić information content (AvgIpc) is 3.41. The van der Waals surface area contributed by atoms with Gasteiger partial charge in [-0.2, -0.15) is 0 Å². The minimum atomic E-state index is -1.11. The van der Waals surface area contributed by atoms with Gasteiger partial charge in [0.25, 0.3) is 0 Å². The van der Waals surface area contributed by atoms with E-state index in [0.717, 1.165) is 26.1 Å². The van der Waals surface area contributed by atoms with Crippen LogP contribution in [-0.2, 0) is 14.4 Å². The summed E-state index contributed by atoms with van der Waals surface area (Å²) in [5.41, 5.74) is 0.0497. The second-order valence-electron chi connectivity index (χ2n) is 9.20. The van der Waals surface area contributed by atoms with E-state index in [0.29, 0.717) is 23.8 Å². The van der Waals surface area contributed by atoms with Gasteiger partial charge in [-0.25, -0.2) is 4.79 Å². The van der Waals surface area contributed by atoms with Gasteiger partial charge in [0.05, 0.1) is 24.1 Å². The van der Waals surface area contributed by atoms with Crippen molar-refractivity contribution in [3.8, 4) is 0 Å². The average molecular weight is 469 g/mol. The van der Waals surface area contributed by atoms with Crippen LogP contribution in [0.3, 0.4) is 0 Å². The van der Waals surface area contributed by atoms with E-state index in [2.05, 4.69) is 10.6 Å². The van der Waals surface area contributed by atoms with Crippen molar-refractivity contribution in [2.45, 2.75) is 57.6 Å². The van der Waals surface area contributed by atoms with E-state index in [9.17, 15) is 24.6 Å². The summed E-state index contributed by atoms with van der Waals surface area (Å²) in [6, 6.07) is -0.554. The fourth-order valence-corrected chi connectivity index (χ4v) is 7.03. The zero-order valence-electron chi connectivity index (χ0n) is 18.2. The molecule has 4 N–H and O–H groups in total. The van der Waals surface area contributed by atoms with E-state index in [-0.39, 0.29) is 48.2 Å². The normalized spacial score (nSPS) is 34.9. The van der Waals surface area contributed by atoms with Crippen LogP contribution < -0.4 is 10.6 Å². The molecule has 0 bridgehead atoms. The Kier molecular flexibility index (Phi) is 7.59. The summed E-state index contributed by atoms with van der Waals surface area (Å²) in [7, 11) is 1.93. The smallest absolute Gasteiger partial charge is 0.353 e. The van der Waals surface area contributed by atoms with Crippen LogP contribution in [0.1, 0.15) is 34.1 Å². The fraction of sp³-hybridized carbons (Fsp3) is 0.773. The Bertz CT molecular complexity index is 803. The molecule has 0 radical (unpaired) electrons. The third-order valence-corrected chi connectivity index (χ3v) is 8.60. The Morgan fingerprint density at radius 3 is 2.72 bits per heavy atom. The maximum Gasteiger partial charge on any atom is 0.353 e. The Morgan fingerprint density at radius 2 is 2.09 bits per heavy atom. The lowest BCUT2D eigenvalue weighted by Crippen LogP contribution is -2.63. The number of aliphatic hydroxyl groups excluding tert-OH is 1. The van der Waals surface area contributed by atoms with Crippen molar-refractivity contribution >= 4 is 29.5 Å². The number of rotatable bonds is 7. The maximum absolute atomic E-state index is 12.9. The Labute approximate surface area is 194 Å². The predicted molar refractivity (Wildman–Crippen MR) is 123 cm³/mol. The van der Waals surface area contributed by atoms with Crippen molar-refractivity contribution in [1.82, 2.24) is 20.4 Å². The molecule has 0 spiro atoms. The third-order valence-electron chi connectivity index (χ3n) is 7.08. The first-order valence-corrected chi connectivity index (χ1v) is 11.9. The van der Waals surface area contributed by atoms with Crippen LogP contribution in [0.2, 0.25) is 0 Å². The van der Waals surface area contributed by atoms with Crippen molar-refractivity contribution in [3.63, 3.8) is 0 Å². The lowest BCUT2D eigenvalue weighted by molar-refractivity contribution is -0.163. The van der Waals surface area contributed by atoms with Gasteiger partial charge in [-0.15, -0.1) is 11.8 Å². The van der Waals surface area contributed by atoms with Crippen LogP contribution in [0, 0.1) is 17.8 Å². The number of nitrogens with one attached hydrogen (secondary N) is 2. The number of carboxylic acid groups (broad SMARTS) is 1. The second kappa shape index (κ2) is 9.70. The van der Waals surface area contributed by atoms with E-state index < -0.39 is 18.0 Å². The Hall–Kier alpha value is -1.62. The summed E-state index contributed by atoms with van der Waals surface area (Å²) in [5.74, 6) is -1.51. The van der Waals surface area contributed by atoms with E-state index in [4.69, 9.17) is 0 Å². The Balaban J connectivity index is 0.00000289. The third kappa shape index (κ3) is 4.18. The number of nitrogens with zero attached hydrogens (tertiary/aromatic N) is 2. The summed E-state index contributed by atoms with van der Waals surface area (Å²) in [4.78, 5) is 41.4. The highest BCUT2D eigenvalue weighted by atomic mass is 32.2. The molecule has 180 valence electrons. The first-order valence-electron chi connectivity index (χ1n) is 11.1. The second-order valence-corrected chi connectivity index (χ2v) is 10.5. The fourth-order valence-electron chi connectivity index (χ4n) is 5.55. The minimum Gasteiger partial charge on any atom is -0.477 e. The van der Waals surface area contributed by atoms with Crippen molar-refractivity contribution in [3.05, 3.63) is 10.6 Å². The van der Waals surface area contributed by atoms with Gasteiger partial charge in [0.1, 0.15) is 5.70 Å². The van der Waals surface area contributed by atoms with E-state index in [1.807, 2.05) is 18.9 Å². The topological polar surface area (TPSA) is 122 Å². The number of hydrogen-bond donors (Lipinski definition) is 4. The molecule has 4 heterocycles. The number of hydrogen-bond acceptors (Lipinski definition) is 7. The number of carbonyl (C=O) groups excluding carboxylic acids is 2. The summed E-state index contributed by atoms with van der Waals surface area (Å²) >= 11 is 1.48. The van der Waals surface area contributed by atoms with Gasteiger partial charge in [0.2, 0.25) is 11.8 Å². The van der Waals surface area contributed by atoms with Crippen LogP contribution in [0.25, 0.3) is 0 Å². The molecule has 0 aromatic carbocycles. The summed E-state index contributed by atoms with van der Waals surface area (Å²) in [6.45, 7) is 6.60. The van der Waals surface area contributed by atoms with Crippen LogP contribution >= 0.6 is 11.8 Å². The molecule has 0 aromatic rings. The molecule has 4 aliphatic heterocycles. The van der Waals surface area contributed by atoms with Crippen molar-refractivity contribution in [2.24, 2.45) is 17.8 Å². The van der Waals surface area contributed by atoms with E-state index in [1.165, 1.54) is 16.7 Å². The molecule has 10 heteroatoms. The predicted octanol–water partition coefficient (Wildman–Crippen LogP) is 0.308. The monoisotopic (exact) mass is 468 g/mol. The highest BCUT2D eigenvalue weighted by Crippen LogP contribution is 2.51. The quantitative estimate of drug-likeness (QED) is 0.394. The lowest BCUT2D eigenvalue weighted by atomic mass is 9.79. The van der Waals surface area contributed by atoms with Gasteiger partial charge in [-0.1, -0.05) is 14.4 Å². The zero-order chi connectivity index (χ0) is 22.4. The lowest BCUT2D eigenvalue weighted by Gasteiger charge is -2.46. The largest absolute Gasteiger partial charge is 0.477 e. The first-order chi connectivity index (χ1) is 14.7. The van der Waals surface area contributed by atoms with Crippen molar-refractivity contribution < 1.29 is 24.6 Å². The van der Waals surface area contributed by atoms with Gasteiger partial charge in [-0.3, -0.25) is 9.59 Å². The molecule has 3 saturated heterocycles. The van der Waals surface area contributed by atoms with Crippen LogP contribution in [0.5, 0.6) is 0 Å². The minimum absolute atomic E-state index is 0. The molecule has 0 saturated carbocycles. The number of likely N-dealkylation sites (tertiary alicyclic amines) is 1. The molecule has 0 aliphatic carbocycles. The maximum atomic E-state index is 12.9. The summed E-state index contributed by atoms with van der Waals surface area (Å²) < 4.78 is 0. The molecule has 9 nitrogen and oxygen atoms in total. The highest BCUT2D eigenvalue weighted by molar-refractivity contribution is 8.03. The van der Waals surface area contributed by atoms with Gasteiger partial charge in [0, 0.05) is 35.7 Å². The SMILES string of the molecule is C.CNC[C@H]1CCN(C(=O)[C@@H]2CC(SC3=C(C(=O)O)N4C(=O)C(C(C)O)C4C3C)CN2)C1. The molecule has 5 unspecified atom stereocenters. The van der Waals surface area contributed by atoms with E-state index >= 15 is 0 Å². The van der Waals surface area contributed by atoms with Gasteiger partial charge >= 0.3 is 5.97 Å². The van der Waals surface area contributed by atoms with Crippen molar-refractivity contribution in [2.75, 3.05) is 33.2 Å². The summed E-state index contributed by atoms with van der Waals surface area (Å²) in [6.07, 6.45) is 0.843. The van der Waals surface area contributed by atoms with Crippen molar-refractivity contribution in [1.29, 1.82) is 0 Å². The molecule has 7 atom stereocenters. The van der Waals surface area contributed by atoms with Crippen LogP contribution in [0.15, 0.2) is 10.6 Å².